The summed E-state index contributed by atoms with van der Waals surface area (Å²) in [6, 6.07) is 16.2. The van der Waals surface area contributed by atoms with Gasteiger partial charge in [0.2, 0.25) is 11.8 Å². The first-order valence-corrected chi connectivity index (χ1v) is 7.90. The van der Waals surface area contributed by atoms with Crippen molar-refractivity contribution in [3.63, 3.8) is 0 Å². The van der Waals surface area contributed by atoms with Crippen LogP contribution in [0.1, 0.15) is 21.5 Å². The Balaban J connectivity index is 1.92. The van der Waals surface area contributed by atoms with E-state index in [-0.39, 0.29) is 13.0 Å². The van der Waals surface area contributed by atoms with Crippen LogP contribution >= 0.6 is 0 Å². The van der Waals surface area contributed by atoms with E-state index in [1.165, 1.54) is 0 Å². The number of primary amides is 1. The summed E-state index contributed by atoms with van der Waals surface area (Å²) < 4.78 is 0. The van der Waals surface area contributed by atoms with E-state index in [0.717, 1.165) is 0 Å². The second-order valence-corrected chi connectivity index (χ2v) is 5.59. The maximum atomic E-state index is 12.0. The van der Waals surface area contributed by atoms with Crippen molar-refractivity contribution >= 4 is 17.7 Å². The second-order valence-electron chi connectivity index (χ2n) is 5.59. The molecule has 1 atom stereocenters. The maximum Gasteiger partial charge on any atom is 0.251 e. The van der Waals surface area contributed by atoms with Crippen LogP contribution < -0.4 is 16.4 Å². The molecule has 26 heavy (non-hydrogen) atoms. The monoisotopic (exact) mass is 350 g/mol. The van der Waals surface area contributed by atoms with Gasteiger partial charge < -0.3 is 16.4 Å². The number of amides is 3. The SMILES string of the molecule is N#Cc1cccc(C[C@@H](NC(=O)CNC(=O)c2ccccc2)C(N)=O)c1. The summed E-state index contributed by atoms with van der Waals surface area (Å²) in [4.78, 5) is 35.5. The third kappa shape index (κ3) is 5.46. The molecule has 3 amide bonds. The summed E-state index contributed by atoms with van der Waals surface area (Å²) in [6.45, 7) is -0.282. The normalized spacial score (nSPS) is 11.0. The van der Waals surface area contributed by atoms with Gasteiger partial charge in [0.1, 0.15) is 6.04 Å². The van der Waals surface area contributed by atoms with E-state index in [1.54, 1.807) is 54.6 Å². The molecule has 2 aromatic rings. The Hall–Kier alpha value is -3.66. The molecule has 0 saturated carbocycles. The van der Waals surface area contributed by atoms with Crippen molar-refractivity contribution < 1.29 is 14.4 Å². The van der Waals surface area contributed by atoms with Gasteiger partial charge in [-0.05, 0) is 29.8 Å². The fourth-order valence-electron chi connectivity index (χ4n) is 2.32. The van der Waals surface area contributed by atoms with E-state index < -0.39 is 23.8 Å². The second kappa shape index (κ2) is 8.99. The minimum absolute atomic E-state index is 0.156. The Morgan fingerprint density at radius 2 is 1.81 bits per heavy atom. The lowest BCUT2D eigenvalue weighted by Gasteiger charge is -2.16. The zero-order valence-corrected chi connectivity index (χ0v) is 13.9. The van der Waals surface area contributed by atoms with Crippen molar-refractivity contribution in [3.8, 4) is 6.07 Å². The Morgan fingerprint density at radius 3 is 2.46 bits per heavy atom. The molecule has 0 unspecified atom stereocenters. The van der Waals surface area contributed by atoms with E-state index in [4.69, 9.17) is 11.0 Å². The molecule has 0 spiro atoms. The van der Waals surface area contributed by atoms with Gasteiger partial charge in [-0.15, -0.1) is 0 Å². The number of carbonyl (C=O) groups excluding carboxylic acids is 3. The van der Waals surface area contributed by atoms with Gasteiger partial charge in [0.15, 0.2) is 0 Å². The highest BCUT2D eigenvalue weighted by Gasteiger charge is 2.19. The van der Waals surface area contributed by atoms with Crippen LogP contribution in [0.4, 0.5) is 0 Å². The summed E-state index contributed by atoms with van der Waals surface area (Å²) >= 11 is 0. The van der Waals surface area contributed by atoms with Gasteiger partial charge in [0, 0.05) is 12.0 Å². The zero-order valence-electron chi connectivity index (χ0n) is 13.9. The molecule has 0 aromatic heterocycles. The van der Waals surface area contributed by atoms with Crippen LogP contribution in [-0.2, 0) is 16.0 Å². The molecule has 2 aromatic carbocycles. The van der Waals surface area contributed by atoms with Crippen molar-refractivity contribution in [2.24, 2.45) is 5.73 Å². The molecule has 4 N–H and O–H groups in total. The third-order valence-corrected chi connectivity index (χ3v) is 3.62. The quantitative estimate of drug-likeness (QED) is 0.672. The minimum atomic E-state index is -0.940. The Kier molecular flexibility index (Phi) is 6.46. The number of nitrogens with one attached hydrogen (secondary N) is 2. The number of benzene rings is 2. The number of hydrogen-bond acceptors (Lipinski definition) is 4. The molecule has 2 rings (SSSR count). The molecule has 0 aliphatic heterocycles. The number of rotatable bonds is 7. The van der Waals surface area contributed by atoms with E-state index in [0.29, 0.717) is 16.7 Å². The molecule has 0 radical (unpaired) electrons. The molecule has 0 aliphatic carbocycles. The van der Waals surface area contributed by atoms with Crippen LogP contribution in [0.3, 0.4) is 0 Å². The topological polar surface area (TPSA) is 125 Å². The zero-order chi connectivity index (χ0) is 18.9. The maximum absolute atomic E-state index is 12.0. The van der Waals surface area contributed by atoms with Gasteiger partial charge in [-0.25, -0.2) is 0 Å². The predicted octanol–water partition coefficient (Wildman–Crippen LogP) is 0.501. The summed E-state index contributed by atoms with van der Waals surface area (Å²) in [5.41, 5.74) is 6.92. The molecule has 7 heteroatoms. The van der Waals surface area contributed by atoms with E-state index in [2.05, 4.69) is 10.6 Å². The first kappa shape index (κ1) is 18.7. The molecule has 0 fully saturated rings. The summed E-state index contributed by atoms with van der Waals surface area (Å²) in [5.74, 6) is -1.62. The molecular weight excluding hydrogens is 332 g/mol. The lowest BCUT2D eigenvalue weighted by Crippen LogP contribution is -2.49. The summed E-state index contributed by atoms with van der Waals surface area (Å²) in [6.07, 6.45) is 0.156. The van der Waals surface area contributed by atoms with Crippen LogP contribution in [0.25, 0.3) is 0 Å². The molecule has 0 bridgehead atoms. The van der Waals surface area contributed by atoms with Gasteiger partial charge in [-0.1, -0.05) is 30.3 Å². The number of nitrogens with zero attached hydrogens (tertiary/aromatic N) is 1. The number of nitriles is 1. The van der Waals surface area contributed by atoms with E-state index >= 15 is 0 Å². The third-order valence-electron chi connectivity index (χ3n) is 3.62. The summed E-state index contributed by atoms with van der Waals surface area (Å²) in [7, 11) is 0. The molecule has 0 saturated heterocycles. The van der Waals surface area contributed by atoms with Gasteiger partial charge in [-0.2, -0.15) is 5.26 Å². The van der Waals surface area contributed by atoms with Crippen molar-refractivity contribution in [1.82, 2.24) is 10.6 Å². The Morgan fingerprint density at radius 1 is 1.08 bits per heavy atom. The van der Waals surface area contributed by atoms with Crippen molar-refractivity contribution in [3.05, 3.63) is 71.3 Å². The minimum Gasteiger partial charge on any atom is -0.368 e. The average Bonchev–Trinajstić information content (AvgIpc) is 2.66. The van der Waals surface area contributed by atoms with Crippen molar-refractivity contribution in [2.75, 3.05) is 6.54 Å². The van der Waals surface area contributed by atoms with Crippen LogP contribution in [0.2, 0.25) is 0 Å². The van der Waals surface area contributed by atoms with Gasteiger partial charge in [0.05, 0.1) is 18.2 Å². The smallest absolute Gasteiger partial charge is 0.251 e. The van der Waals surface area contributed by atoms with Crippen LogP contribution in [0.15, 0.2) is 54.6 Å². The first-order chi connectivity index (χ1) is 12.5. The van der Waals surface area contributed by atoms with Crippen molar-refractivity contribution in [1.29, 1.82) is 5.26 Å². The first-order valence-electron chi connectivity index (χ1n) is 7.90. The summed E-state index contributed by atoms with van der Waals surface area (Å²) in [5, 5.41) is 13.9. The Labute approximate surface area is 150 Å². The molecule has 0 heterocycles. The van der Waals surface area contributed by atoms with Crippen LogP contribution in [-0.4, -0.2) is 30.3 Å². The lowest BCUT2D eigenvalue weighted by atomic mass is 10.0. The highest BCUT2D eigenvalue weighted by atomic mass is 16.2. The fourth-order valence-corrected chi connectivity index (χ4v) is 2.32. The molecular formula is C19H18N4O3. The highest BCUT2D eigenvalue weighted by molar-refractivity contribution is 5.97. The number of nitrogens with two attached hydrogens (primary N) is 1. The largest absolute Gasteiger partial charge is 0.368 e. The molecule has 132 valence electrons. The Bertz CT molecular complexity index is 843. The van der Waals surface area contributed by atoms with E-state index in [1.807, 2.05) is 6.07 Å². The standard InChI is InChI=1S/C19H18N4O3/c20-11-14-6-4-5-13(9-14)10-16(18(21)25)23-17(24)12-22-19(26)15-7-2-1-3-8-15/h1-9,16H,10,12H2,(H2,21,25)(H,22,26)(H,23,24)/t16-/m1/s1. The number of hydrogen-bond donors (Lipinski definition) is 3. The van der Waals surface area contributed by atoms with Gasteiger partial charge >= 0.3 is 0 Å². The lowest BCUT2D eigenvalue weighted by molar-refractivity contribution is -0.126. The molecule has 7 nitrogen and oxygen atoms in total. The van der Waals surface area contributed by atoms with Crippen LogP contribution in [0.5, 0.6) is 0 Å². The predicted molar refractivity (Wildman–Crippen MR) is 94.8 cm³/mol. The molecule has 0 aliphatic rings. The fraction of sp³-hybridized carbons (Fsp3) is 0.158. The van der Waals surface area contributed by atoms with Gasteiger partial charge in [-0.3, -0.25) is 14.4 Å². The number of carbonyl (C=O) groups is 3. The average molecular weight is 350 g/mol. The highest BCUT2D eigenvalue weighted by Crippen LogP contribution is 2.07. The van der Waals surface area contributed by atoms with Gasteiger partial charge in [0.25, 0.3) is 5.91 Å². The van der Waals surface area contributed by atoms with Crippen LogP contribution in [0, 0.1) is 11.3 Å². The van der Waals surface area contributed by atoms with E-state index in [9.17, 15) is 14.4 Å². The van der Waals surface area contributed by atoms with Crippen molar-refractivity contribution in [2.45, 2.75) is 12.5 Å².